The first-order chi connectivity index (χ1) is 13.7. The summed E-state index contributed by atoms with van der Waals surface area (Å²) in [5.74, 6) is 0.963. The van der Waals surface area contributed by atoms with Crippen LogP contribution < -0.4 is 4.90 Å². The zero-order valence-corrected chi connectivity index (χ0v) is 15.9. The van der Waals surface area contributed by atoms with Crippen LogP contribution in [0.3, 0.4) is 0 Å². The molecule has 6 nitrogen and oxygen atoms in total. The van der Waals surface area contributed by atoms with Gasteiger partial charge in [-0.15, -0.1) is 10.2 Å². The number of rotatable bonds is 4. The molecular weight excluding hydrogens is 374 g/mol. The first-order valence-electron chi connectivity index (χ1n) is 8.98. The van der Waals surface area contributed by atoms with Gasteiger partial charge in [-0.25, -0.2) is 0 Å². The lowest BCUT2D eigenvalue weighted by Crippen LogP contribution is -2.26. The lowest BCUT2D eigenvalue weighted by Gasteiger charge is -2.26. The molecule has 138 valence electrons. The minimum atomic E-state index is -0.0788. The molecule has 2 heterocycles. The highest BCUT2D eigenvalue weighted by Crippen LogP contribution is 2.41. The van der Waals surface area contributed by atoms with Gasteiger partial charge in [-0.05, 0) is 54.8 Å². The number of nitrogens with zero attached hydrogens (tertiary/aromatic N) is 5. The lowest BCUT2D eigenvalue weighted by atomic mass is 10.1. The molecule has 4 rings (SSSR count). The van der Waals surface area contributed by atoms with E-state index in [1.54, 1.807) is 30.3 Å². The molecule has 28 heavy (non-hydrogen) atoms. The average molecular weight is 390 g/mol. The van der Waals surface area contributed by atoms with Crippen LogP contribution >= 0.6 is 11.6 Å². The highest BCUT2D eigenvalue weighted by molar-refractivity contribution is 6.33. The number of nitriles is 2. The molecule has 1 atom stereocenters. The average Bonchev–Trinajstić information content (AvgIpc) is 3.38. The first-order valence-corrected chi connectivity index (χ1v) is 9.36. The highest BCUT2D eigenvalue weighted by atomic mass is 35.5. The van der Waals surface area contributed by atoms with E-state index in [9.17, 15) is 5.26 Å². The quantitative estimate of drug-likeness (QED) is 0.645. The van der Waals surface area contributed by atoms with Gasteiger partial charge in [0.15, 0.2) is 0 Å². The molecule has 0 unspecified atom stereocenters. The minimum absolute atomic E-state index is 0.0788. The summed E-state index contributed by atoms with van der Waals surface area (Å²) in [4.78, 5) is 2.21. The normalized spacial score (nSPS) is 13.6. The fourth-order valence-corrected chi connectivity index (χ4v) is 3.88. The van der Waals surface area contributed by atoms with E-state index in [1.165, 1.54) is 0 Å². The summed E-state index contributed by atoms with van der Waals surface area (Å²) in [6.45, 7) is 2.84. The summed E-state index contributed by atoms with van der Waals surface area (Å²) in [7, 11) is 0. The maximum atomic E-state index is 9.19. The Morgan fingerprint density at radius 1 is 1.14 bits per heavy atom. The van der Waals surface area contributed by atoms with Crippen molar-refractivity contribution < 1.29 is 4.42 Å². The molecule has 0 spiro atoms. The van der Waals surface area contributed by atoms with Crippen molar-refractivity contribution >= 4 is 17.3 Å². The van der Waals surface area contributed by atoms with Crippen LogP contribution in [0.2, 0.25) is 5.02 Å². The van der Waals surface area contributed by atoms with Crippen LogP contribution in [0, 0.1) is 22.7 Å². The van der Waals surface area contributed by atoms with Gasteiger partial charge in [0.1, 0.15) is 12.1 Å². The Kier molecular flexibility index (Phi) is 4.73. The Balaban J connectivity index is 1.65. The van der Waals surface area contributed by atoms with Crippen LogP contribution in [-0.2, 0) is 6.42 Å². The van der Waals surface area contributed by atoms with Gasteiger partial charge < -0.3 is 9.32 Å². The Bertz CT molecular complexity index is 1110. The summed E-state index contributed by atoms with van der Waals surface area (Å²) in [5.41, 5.74) is 3.85. The highest BCUT2D eigenvalue weighted by Gasteiger charge is 2.31. The van der Waals surface area contributed by atoms with Crippen LogP contribution in [0.1, 0.15) is 42.0 Å². The molecule has 0 N–H and O–H groups in total. The van der Waals surface area contributed by atoms with E-state index >= 15 is 0 Å². The van der Waals surface area contributed by atoms with E-state index in [0.717, 1.165) is 36.2 Å². The SMILES string of the molecule is CC[C@@H](c1nnc(-c2ccc(C#N)cc2)o1)N1CCc2c1ccc(C#N)c2Cl. The third kappa shape index (κ3) is 2.98. The summed E-state index contributed by atoms with van der Waals surface area (Å²) in [6, 6.07) is 14.9. The Morgan fingerprint density at radius 2 is 1.93 bits per heavy atom. The molecule has 1 aromatic heterocycles. The van der Waals surface area contributed by atoms with Crippen LogP contribution in [-0.4, -0.2) is 16.7 Å². The topological polar surface area (TPSA) is 89.7 Å². The van der Waals surface area contributed by atoms with Gasteiger partial charge in [0.05, 0.1) is 22.2 Å². The number of anilines is 1. The number of hydrogen-bond donors (Lipinski definition) is 0. The third-order valence-corrected chi connectivity index (χ3v) is 5.43. The Morgan fingerprint density at radius 3 is 2.61 bits per heavy atom. The van der Waals surface area contributed by atoms with E-state index in [-0.39, 0.29) is 6.04 Å². The zero-order valence-electron chi connectivity index (χ0n) is 15.2. The summed E-state index contributed by atoms with van der Waals surface area (Å²) in [5, 5.41) is 27.1. The largest absolute Gasteiger partial charge is 0.418 e. The van der Waals surface area contributed by atoms with Crippen molar-refractivity contribution in [2.24, 2.45) is 0 Å². The zero-order chi connectivity index (χ0) is 19.7. The van der Waals surface area contributed by atoms with Crippen LogP contribution in [0.15, 0.2) is 40.8 Å². The minimum Gasteiger partial charge on any atom is -0.418 e. The van der Waals surface area contributed by atoms with Crippen molar-refractivity contribution in [2.45, 2.75) is 25.8 Å². The third-order valence-electron chi connectivity index (χ3n) is 5.00. The smallest absolute Gasteiger partial charge is 0.247 e. The summed E-state index contributed by atoms with van der Waals surface area (Å²) >= 11 is 6.40. The number of benzene rings is 2. The van der Waals surface area contributed by atoms with Crippen LogP contribution in [0.25, 0.3) is 11.5 Å². The van der Waals surface area contributed by atoms with Gasteiger partial charge in [0, 0.05) is 17.8 Å². The predicted octanol–water partition coefficient (Wildman–Crippen LogP) is 4.65. The van der Waals surface area contributed by atoms with Crippen molar-refractivity contribution in [1.82, 2.24) is 10.2 Å². The van der Waals surface area contributed by atoms with Gasteiger partial charge in [-0.3, -0.25) is 0 Å². The van der Waals surface area contributed by atoms with Gasteiger partial charge in [-0.2, -0.15) is 10.5 Å². The molecule has 0 saturated carbocycles. The second-order valence-corrected chi connectivity index (χ2v) is 6.92. The van der Waals surface area contributed by atoms with Crippen molar-refractivity contribution in [3.63, 3.8) is 0 Å². The standard InChI is InChI=1S/C21H16ClN5O/c1-2-17(27-10-9-16-18(27)8-7-15(12-24)19(16)22)21-26-25-20(28-21)14-5-3-13(11-23)4-6-14/h3-8,17H,2,9-10H2,1H3/t17-/m0/s1. The number of hydrogen-bond acceptors (Lipinski definition) is 6. The van der Waals surface area contributed by atoms with Gasteiger partial charge in [0.2, 0.25) is 11.8 Å². The molecule has 3 aromatic rings. The van der Waals surface area contributed by atoms with Gasteiger partial charge in [-0.1, -0.05) is 18.5 Å². The Hall–Kier alpha value is -3.35. The lowest BCUT2D eigenvalue weighted by molar-refractivity contribution is 0.436. The van der Waals surface area contributed by atoms with Gasteiger partial charge >= 0.3 is 0 Å². The van der Waals surface area contributed by atoms with Crippen molar-refractivity contribution in [3.05, 3.63) is 64.0 Å². The Labute approximate surface area is 167 Å². The van der Waals surface area contributed by atoms with E-state index in [2.05, 4.69) is 34.2 Å². The van der Waals surface area contributed by atoms with E-state index in [1.807, 2.05) is 6.07 Å². The van der Waals surface area contributed by atoms with Crippen molar-refractivity contribution in [3.8, 4) is 23.6 Å². The molecule has 0 bridgehead atoms. The second-order valence-electron chi connectivity index (χ2n) is 6.54. The maximum absolute atomic E-state index is 9.19. The van der Waals surface area contributed by atoms with E-state index < -0.39 is 0 Å². The molecule has 1 aliphatic heterocycles. The molecule has 1 aliphatic rings. The van der Waals surface area contributed by atoms with Gasteiger partial charge in [0.25, 0.3) is 0 Å². The number of fused-ring (bicyclic) bond motifs is 1. The molecule has 7 heteroatoms. The molecule has 0 radical (unpaired) electrons. The molecule has 0 aliphatic carbocycles. The monoisotopic (exact) mass is 389 g/mol. The van der Waals surface area contributed by atoms with E-state index in [4.69, 9.17) is 21.3 Å². The number of halogens is 1. The van der Waals surface area contributed by atoms with Crippen LogP contribution in [0.4, 0.5) is 5.69 Å². The number of aromatic nitrogens is 2. The van der Waals surface area contributed by atoms with Crippen molar-refractivity contribution in [1.29, 1.82) is 10.5 Å². The molecule has 0 saturated heterocycles. The first kappa shape index (κ1) is 18.0. The maximum Gasteiger partial charge on any atom is 0.247 e. The summed E-state index contributed by atoms with van der Waals surface area (Å²) in [6.07, 6.45) is 1.56. The second kappa shape index (κ2) is 7.34. The molecule has 0 amide bonds. The van der Waals surface area contributed by atoms with Crippen molar-refractivity contribution in [2.75, 3.05) is 11.4 Å². The fraction of sp³-hybridized carbons (Fsp3) is 0.238. The predicted molar refractivity (Wildman–Crippen MR) is 105 cm³/mol. The van der Waals surface area contributed by atoms with E-state index in [0.29, 0.717) is 27.9 Å². The molecule has 0 fully saturated rings. The summed E-state index contributed by atoms with van der Waals surface area (Å²) < 4.78 is 5.97. The molecular formula is C21H16ClN5O. The fourth-order valence-electron chi connectivity index (χ4n) is 3.58. The van der Waals surface area contributed by atoms with Crippen LogP contribution in [0.5, 0.6) is 0 Å². The molecule has 2 aromatic carbocycles.